The molecule has 0 bridgehead atoms. The van der Waals surface area contributed by atoms with Gasteiger partial charge >= 0.3 is 12.4 Å². The quantitative estimate of drug-likeness (QED) is 0.523. The minimum absolute atomic E-state index is 0.141. The largest absolute Gasteiger partial charge is 0.388 e. The molecule has 0 aliphatic heterocycles. The predicted octanol–water partition coefficient (Wildman–Crippen LogP) is 1.06. The predicted molar refractivity (Wildman–Crippen MR) is 56.6 cm³/mol. The molecule has 0 heterocycles. The van der Waals surface area contributed by atoms with Crippen LogP contribution in [0.4, 0.5) is 26.3 Å². The Kier molecular flexibility index (Phi) is 6.18. The molecule has 0 spiro atoms. The summed E-state index contributed by atoms with van der Waals surface area (Å²) in [5.74, 6) is 0. The minimum Gasteiger partial charge on any atom is -0.171 e. The molecular weight excluding hydrogens is 270 g/mol. The van der Waals surface area contributed by atoms with Crippen LogP contribution in [0.5, 0.6) is 0 Å². The maximum Gasteiger partial charge on any atom is 0.388 e. The van der Waals surface area contributed by atoms with Crippen LogP contribution in [0.25, 0.3) is 0 Å². The van der Waals surface area contributed by atoms with Crippen molar-refractivity contribution in [1.29, 1.82) is 0 Å². The molecular formula is C6H14F6Si3. The molecule has 0 aromatic carbocycles. The van der Waals surface area contributed by atoms with E-state index in [1.807, 2.05) is 0 Å². The lowest BCUT2D eigenvalue weighted by molar-refractivity contribution is -0.131. The van der Waals surface area contributed by atoms with Crippen molar-refractivity contribution >= 4 is 26.6 Å². The maximum atomic E-state index is 11.8. The van der Waals surface area contributed by atoms with E-state index in [4.69, 9.17) is 0 Å². The molecule has 92 valence electrons. The van der Waals surface area contributed by atoms with E-state index in [2.05, 4.69) is 0 Å². The molecule has 0 aromatic rings. The van der Waals surface area contributed by atoms with E-state index >= 15 is 0 Å². The fraction of sp³-hybridized carbons (Fsp3) is 1.00. The fourth-order valence-corrected chi connectivity index (χ4v) is 12.3. The van der Waals surface area contributed by atoms with Crippen LogP contribution in [0.2, 0.25) is 12.1 Å². The van der Waals surface area contributed by atoms with Gasteiger partial charge in [-0.2, -0.15) is 26.3 Å². The van der Waals surface area contributed by atoms with Gasteiger partial charge in [0.05, 0.1) is 0 Å². The third kappa shape index (κ3) is 12.2. The zero-order valence-corrected chi connectivity index (χ0v) is 12.9. The molecule has 0 amide bonds. The summed E-state index contributed by atoms with van der Waals surface area (Å²) in [6, 6.07) is 0.307. The Bertz CT molecular complexity index is 177. The van der Waals surface area contributed by atoms with E-state index in [1.165, 1.54) is 0 Å². The molecule has 0 nitrogen and oxygen atoms in total. The van der Waals surface area contributed by atoms with Crippen molar-refractivity contribution < 1.29 is 26.3 Å². The average Bonchev–Trinajstić information content (AvgIpc) is 1.97. The highest BCUT2D eigenvalue weighted by molar-refractivity contribution is 7.34. The molecule has 9 heteroatoms. The second-order valence-corrected chi connectivity index (χ2v) is 23.6. The Morgan fingerprint density at radius 2 is 1.40 bits per heavy atom. The number of halogens is 6. The fourth-order valence-electron chi connectivity index (χ4n) is 1.21. The molecule has 0 saturated carbocycles. The van der Waals surface area contributed by atoms with E-state index in [9.17, 15) is 26.3 Å². The second kappa shape index (κ2) is 6.09. The van der Waals surface area contributed by atoms with Gasteiger partial charge in [-0.25, -0.2) is 0 Å². The van der Waals surface area contributed by atoms with Crippen LogP contribution in [-0.2, 0) is 0 Å². The molecule has 0 saturated heterocycles. The standard InChI is InChI=1S/C6H14F6Si3/c7-5(8,9)1-3-14-15(13)4-2-6(10,11)12/h15H,1-4,14H2,13H3. The summed E-state index contributed by atoms with van der Waals surface area (Å²) in [7, 11) is -1.45. The Labute approximate surface area is 90.9 Å². The lowest BCUT2D eigenvalue weighted by atomic mass is 10.5. The number of alkyl halides is 6. The summed E-state index contributed by atoms with van der Waals surface area (Å²) < 4.78 is 70.7. The molecule has 0 aliphatic carbocycles. The minimum atomic E-state index is -4.13. The maximum absolute atomic E-state index is 11.8. The smallest absolute Gasteiger partial charge is 0.171 e. The van der Waals surface area contributed by atoms with Gasteiger partial charge in [-0.1, -0.05) is 12.1 Å². The molecule has 0 N–H and O–H groups in total. The van der Waals surface area contributed by atoms with Crippen molar-refractivity contribution in [2.45, 2.75) is 37.3 Å². The first-order valence-electron chi connectivity index (χ1n) is 4.73. The van der Waals surface area contributed by atoms with Crippen LogP contribution in [0.15, 0.2) is 0 Å². The van der Waals surface area contributed by atoms with Crippen molar-refractivity contribution in [3.8, 4) is 0 Å². The van der Waals surface area contributed by atoms with Gasteiger partial charge in [0.15, 0.2) is 0 Å². The van der Waals surface area contributed by atoms with Crippen LogP contribution < -0.4 is 0 Å². The van der Waals surface area contributed by atoms with Crippen molar-refractivity contribution in [1.82, 2.24) is 0 Å². The van der Waals surface area contributed by atoms with Gasteiger partial charge in [0.2, 0.25) is 0 Å². The van der Waals surface area contributed by atoms with Crippen LogP contribution in [-0.4, -0.2) is 39.0 Å². The first kappa shape index (κ1) is 15.2. The van der Waals surface area contributed by atoms with E-state index in [-0.39, 0.29) is 12.1 Å². The third-order valence-electron chi connectivity index (χ3n) is 2.08. The molecule has 0 aliphatic rings. The van der Waals surface area contributed by atoms with Crippen LogP contribution >= 0.6 is 0 Å². The van der Waals surface area contributed by atoms with Crippen LogP contribution in [0.1, 0.15) is 12.8 Å². The SMILES string of the molecule is FC(F)(F)CC[SiH2][SiH]([SiH3])CCC(F)(F)F. The highest BCUT2D eigenvalue weighted by Gasteiger charge is 2.29. The van der Waals surface area contributed by atoms with Gasteiger partial charge in [0, 0.05) is 29.7 Å². The Morgan fingerprint density at radius 1 is 0.933 bits per heavy atom. The summed E-state index contributed by atoms with van der Waals surface area (Å²) in [5.41, 5.74) is 0. The van der Waals surface area contributed by atoms with Crippen LogP contribution in [0.3, 0.4) is 0 Å². The lowest BCUT2D eigenvalue weighted by Gasteiger charge is -2.11. The monoisotopic (exact) mass is 284 g/mol. The third-order valence-corrected chi connectivity index (χ3v) is 17.4. The lowest BCUT2D eigenvalue weighted by Crippen LogP contribution is -2.26. The van der Waals surface area contributed by atoms with Gasteiger partial charge < -0.3 is 0 Å². The van der Waals surface area contributed by atoms with Gasteiger partial charge in [-0.3, -0.25) is 0 Å². The van der Waals surface area contributed by atoms with Gasteiger partial charge in [0.1, 0.15) is 0 Å². The zero-order chi connectivity index (χ0) is 12.1. The molecule has 1 unspecified atom stereocenters. The highest BCUT2D eigenvalue weighted by Crippen LogP contribution is 2.23. The summed E-state index contributed by atoms with van der Waals surface area (Å²) in [4.78, 5) is 0. The first-order chi connectivity index (χ1) is 6.60. The first-order valence-corrected chi connectivity index (χ1v) is 14.4. The molecule has 0 aromatic heterocycles. The van der Waals surface area contributed by atoms with Crippen molar-refractivity contribution in [2.75, 3.05) is 0 Å². The van der Waals surface area contributed by atoms with Crippen molar-refractivity contribution in [3.63, 3.8) is 0 Å². The molecule has 15 heavy (non-hydrogen) atoms. The van der Waals surface area contributed by atoms with Gasteiger partial charge in [0.25, 0.3) is 0 Å². The molecule has 0 radical (unpaired) electrons. The molecule has 0 rings (SSSR count). The summed E-state index contributed by atoms with van der Waals surface area (Å²) in [5, 5.41) is 0. The Morgan fingerprint density at radius 3 is 1.80 bits per heavy atom. The highest BCUT2D eigenvalue weighted by atomic mass is 29.5. The molecule has 0 fully saturated rings. The van der Waals surface area contributed by atoms with E-state index in [1.54, 1.807) is 0 Å². The van der Waals surface area contributed by atoms with Gasteiger partial charge in [-0.05, 0) is 9.76 Å². The van der Waals surface area contributed by atoms with Crippen molar-refractivity contribution in [3.05, 3.63) is 0 Å². The second-order valence-electron chi connectivity index (χ2n) is 3.77. The number of hydrogen-bond acceptors (Lipinski definition) is 0. The summed E-state index contributed by atoms with van der Waals surface area (Å²) in [6.45, 7) is 0. The Balaban J connectivity index is 3.54. The summed E-state index contributed by atoms with van der Waals surface area (Å²) >= 11 is 0. The number of hydrogen-bond donors (Lipinski definition) is 0. The van der Waals surface area contributed by atoms with E-state index in [0.29, 0.717) is 9.76 Å². The Hall–Kier alpha value is 0.231. The van der Waals surface area contributed by atoms with Crippen molar-refractivity contribution in [2.24, 2.45) is 0 Å². The molecule has 1 atom stereocenters. The average molecular weight is 284 g/mol. The normalized spacial score (nSPS) is 16.4. The van der Waals surface area contributed by atoms with Gasteiger partial charge in [-0.15, -0.1) is 0 Å². The van der Waals surface area contributed by atoms with Crippen LogP contribution in [0, 0.1) is 0 Å². The van der Waals surface area contributed by atoms with E-state index in [0.717, 1.165) is 0 Å². The van der Waals surface area contributed by atoms with E-state index < -0.39 is 42.1 Å². The number of rotatable bonds is 5. The summed E-state index contributed by atoms with van der Waals surface area (Å²) in [6.07, 6.45) is -9.84. The topological polar surface area (TPSA) is 0 Å². The zero-order valence-electron chi connectivity index (χ0n) is 8.38.